The second-order valence-electron chi connectivity index (χ2n) is 20.5. The van der Waals surface area contributed by atoms with Crippen LogP contribution >= 0.6 is 0 Å². The van der Waals surface area contributed by atoms with Crippen molar-refractivity contribution >= 4 is 11.9 Å². The second kappa shape index (κ2) is 51.3. The highest BCUT2D eigenvalue weighted by atomic mass is 16.7. The number of allylic oxidation sites excluding steroid dienone is 15. The van der Waals surface area contributed by atoms with Crippen LogP contribution < -0.4 is 5.32 Å². The number of carbonyl (C=O) groups is 2. The predicted molar refractivity (Wildman–Crippen MR) is 310 cm³/mol. The molecule has 11 nitrogen and oxygen atoms in total. The molecule has 11 heteroatoms. The van der Waals surface area contributed by atoms with Gasteiger partial charge in [0.05, 0.1) is 25.4 Å². The number of unbranched alkanes of at least 4 members (excludes halogenated alkanes) is 25. The van der Waals surface area contributed by atoms with Gasteiger partial charge in [-0.3, -0.25) is 9.59 Å². The van der Waals surface area contributed by atoms with Crippen LogP contribution in [-0.4, -0.2) is 99.6 Å². The summed E-state index contributed by atoms with van der Waals surface area (Å²) < 4.78 is 17.6. The van der Waals surface area contributed by atoms with Crippen LogP contribution in [0.1, 0.15) is 233 Å². The van der Waals surface area contributed by atoms with Gasteiger partial charge in [-0.05, 0) is 77.0 Å². The summed E-state index contributed by atoms with van der Waals surface area (Å²) in [6.45, 7) is 5.58. The van der Waals surface area contributed by atoms with E-state index in [0.29, 0.717) is 12.8 Å². The van der Waals surface area contributed by atoms with Crippen molar-refractivity contribution < 1.29 is 49.3 Å². The topological polar surface area (TPSA) is 175 Å². The zero-order valence-corrected chi connectivity index (χ0v) is 47.4. The number of hydrogen-bond donors (Lipinski definition) is 6. The Balaban J connectivity index is 2.73. The van der Waals surface area contributed by atoms with Crippen LogP contribution in [0.4, 0.5) is 0 Å². The quantitative estimate of drug-likeness (QED) is 0.0149. The van der Waals surface area contributed by atoms with Crippen LogP contribution in [-0.2, 0) is 23.8 Å². The number of esters is 1. The number of nitrogens with one attached hydrogen (secondary N) is 1. The summed E-state index contributed by atoms with van der Waals surface area (Å²) in [5, 5.41) is 56.9. The fourth-order valence-corrected chi connectivity index (χ4v) is 8.82. The molecule has 8 unspecified atom stereocenters. The molecule has 0 aliphatic carbocycles. The smallest absolute Gasteiger partial charge is 0.306 e. The second-order valence-corrected chi connectivity index (χ2v) is 20.5. The minimum absolute atomic E-state index is 0.109. The van der Waals surface area contributed by atoms with Gasteiger partial charge in [-0.2, -0.15) is 0 Å². The standard InChI is InChI=1S/C64H109NO10/c1-4-7-10-13-16-19-22-25-27-28-29-30-31-34-37-40-43-46-49-52-59(69)75-62-61(71)60(70)58(53-66)74-64(62)73-54-55(56(67)50-47-44-41-38-35-32-24-21-18-15-12-9-6-3)65-63(72)57(68)51-48-45-42-39-36-33-26-23-20-17-14-11-8-5-2/h8,11,14,16-17,19-20,23,25-27,33,36,39,47,50,55-58,60-62,64,66-68,70-71H,4-7,9-10,12-13,15,18,21-22,24,28-32,34-35,37-38,40-46,48-49,51-54H2,1-3H3,(H,65,72)/b11-8+,17-14+,19-16-,23-20-,27-25-,33-26-,39-36+,50-47+. The van der Waals surface area contributed by atoms with Gasteiger partial charge in [0.15, 0.2) is 12.4 Å². The molecule has 1 fully saturated rings. The molecular formula is C64H109NO10. The molecule has 1 rings (SSSR count). The maximum atomic E-state index is 13.4. The molecule has 1 aliphatic rings. The Morgan fingerprint density at radius 1 is 0.547 bits per heavy atom. The van der Waals surface area contributed by atoms with Crippen LogP contribution in [0.2, 0.25) is 0 Å². The predicted octanol–water partition coefficient (Wildman–Crippen LogP) is 13.9. The molecule has 430 valence electrons. The molecule has 0 spiro atoms. The number of ether oxygens (including phenoxy) is 3. The molecule has 8 atom stereocenters. The maximum absolute atomic E-state index is 13.4. The maximum Gasteiger partial charge on any atom is 0.306 e. The zero-order valence-electron chi connectivity index (χ0n) is 47.4. The Morgan fingerprint density at radius 2 is 1.01 bits per heavy atom. The Morgan fingerprint density at radius 3 is 1.57 bits per heavy atom. The van der Waals surface area contributed by atoms with Crippen LogP contribution in [0.3, 0.4) is 0 Å². The Bertz CT molecular complexity index is 1580. The van der Waals surface area contributed by atoms with Gasteiger partial charge in [0, 0.05) is 6.42 Å². The summed E-state index contributed by atoms with van der Waals surface area (Å²) in [5.41, 5.74) is 0. The Kier molecular flexibility index (Phi) is 47.6. The van der Waals surface area contributed by atoms with Crippen molar-refractivity contribution in [1.29, 1.82) is 0 Å². The molecule has 0 aromatic carbocycles. The van der Waals surface area contributed by atoms with Crippen molar-refractivity contribution in [2.45, 2.75) is 282 Å². The summed E-state index contributed by atoms with van der Waals surface area (Å²) in [5.74, 6) is -1.25. The van der Waals surface area contributed by atoms with Crippen LogP contribution in [0.15, 0.2) is 97.2 Å². The molecule has 0 aromatic rings. The first-order valence-corrected chi connectivity index (χ1v) is 30.1. The van der Waals surface area contributed by atoms with Gasteiger partial charge in [0.25, 0.3) is 0 Å². The molecule has 0 aromatic heterocycles. The molecule has 6 N–H and O–H groups in total. The fourth-order valence-electron chi connectivity index (χ4n) is 8.82. The van der Waals surface area contributed by atoms with Crippen molar-refractivity contribution in [1.82, 2.24) is 5.32 Å². The largest absolute Gasteiger partial charge is 0.454 e. The third-order valence-corrected chi connectivity index (χ3v) is 13.6. The highest BCUT2D eigenvalue weighted by Crippen LogP contribution is 2.26. The summed E-state index contributed by atoms with van der Waals surface area (Å²) in [4.78, 5) is 26.5. The van der Waals surface area contributed by atoms with Crippen LogP contribution in [0.5, 0.6) is 0 Å². The van der Waals surface area contributed by atoms with E-state index >= 15 is 0 Å². The van der Waals surface area contributed by atoms with Gasteiger partial charge in [0.2, 0.25) is 5.91 Å². The first kappa shape index (κ1) is 69.6. The van der Waals surface area contributed by atoms with E-state index in [1.807, 2.05) is 60.8 Å². The molecule has 1 saturated heterocycles. The van der Waals surface area contributed by atoms with Gasteiger partial charge in [0.1, 0.15) is 24.4 Å². The lowest BCUT2D eigenvalue weighted by Crippen LogP contribution is -2.61. The normalized spacial score (nSPS) is 19.9. The number of carbonyl (C=O) groups excluding carboxylic acids is 2. The number of aliphatic hydroxyl groups excluding tert-OH is 5. The SMILES string of the molecule is CC/C=C/C=C/C=C\C=C/C=C/CCCCC(O)C(=O)NC(COC1OC(CO)C(O)C(O)C1OC(=O)CCCCCCCCCCC/C=C\C/C=C\CCCCC)C(O)/C=C/CCCCCCCCCCCCC. The Labute approximate surface area is 456 Å². The molecule has 0 bridgehead atoms. The minimum Gasteiger partial charge on any atom is -0.454 e. The lowest BCUT2D eigenvalue weighted by Gasteiger charge is -2.41. The van der Waals surface area contributed by atoms with E-state index < -0.39 is 67.4 Å². The lowest BCUT2D eigenvalue weighted by molar-refractivity contribution is -0.305. The number of rotatable bonds is 49. The summed E-state index contributed by atoms with van der Waals surface area (Å²) >= 11 is 0. The first-order valence-electron chi connectivity index (χ1n) is 30.1. The highest BCUT2D eigenvalue weighted by molar-refractivity contribution is 5.80. The van der Waals surface area contributed by atoms with E-state index in [9.17, 15) is 35.1 Å². The van der Waals surface area contributed by atoms with Gasteiger partial charge in [-0.15, -0.1) is 0 Å². The zero-order chi connectivity index (χ0) is 54.7. The number of hydrogen-bond acceptors (Lipinski definition) is 10. The van der Waals surface area contributed by atoms with Gasteiger partial charge >= 0.3 is 5.97 Å². The van der Waals surface area contributed by atoms with Crippen molar-refractivity contribution in [2.24, 2.45) is 0 Å². The Hall–Kier alpha value is -3.42. The lowest BCUT2D eigenvalue weighted by atomic mass is 9.99. The molecule has 1 amide bonds. The van der Waals surface area contributed by atoms with Crippen LogP contribution in [0.25, 0.3) is 0 Å². The highest BCUT2D eigenvalue weighted by Gasteiger charge is 2.47. The molecule has 1 aliphatic heterocycles. The monoisotopic (exact) mass is 1050 g/mol. The molecular weight excluding hydrogens is 943 g/mol. The van der Waals surface area contributed by atoms with Gasteiger partial charge < -0.3 is 45.1 Å². The van der Waals surface area contributed by atoms with E-state index in [4.69, 9.17) is 14.2 Å². The third-order valence-electron chi connectivity index (χ3n) is 13.6. The summed E-state index contributed by atoms with van der Waals surface area (Å²) in [7, 11) is 0. The number of aliphatic hydroxyl groups is 5. The van der Waals surface area contributed by atoms with Crippen molar-refractivity contribution in [3.63, 3.8) is 0 Å². The average Bonchev–Trinajstić information content (AvgIpc) is 3.41. The molecule has 0 radical (unpaired) electrons. The van der Waals surface area contributed by atoms with Crippen molar-refractivity contribution in [3.8, 4) is 0 Å². The van der Waals surface area contributed by atoms with E-state index in [1.54, 1.807) is 6.08 Å². The van der Waals surface area contributed by atoms with Crippen LogP contribution in [0, 0.1) is 0 Å². The third kappa shape index (κ3) is 39.6. The van der Waals surface area contributed by atoms with E-state index in [1.165, 1.54) is 103 Å². The van der Waals surface area contributed by atoms with Crippen molar-refractivity contribution in [3.05, 3.63) is 97.2 Å². The molecule has 1 heterocycles. The van der Waals surface area contributed by atoms with Gasteiger partial charge in [-0.1, -0.05) is 246 Å². The fraction of sp³-hybridized carbons (Fsp3) is 0.719. The van der Waals surface area contributed by atoms with Crippen molar-refractivity contribution in [2.75, 3.05) is 13.2 Å². The summed E-state index contributed by atoms with van der Waals surface area (Å²) in [6.07, 6.45) is 57.3. The number of amides is 1. The van der Waals surface area contributed by atoms with E-state index in [-0.39, 0.29) is 19.4 Å². The van der Waals surface area contributed by atoms with E-state index in [2.05, 4.69) is 56.5 Å². The van der Waals surface area contributed by atoms with E-state index in [0.717, 1.165) is 83.5 Å². The molecule has 75 heavy (non-hydrogen) atoms. The summed E-state index contributed by atoms with van der Waals surface area (Å²) in [6, 6.07) is -1.05. The first-order chi connectivity index (χ1) is 36.7. The van der Waals surface area contributed by atoms with Gasteiger partial charge in [-0.25, -0.2) is 0 Å². The minimum atomic E-state index is -1.63. The molecule has 0 saturated carbocycles. The average molecular weight is 1050 g/mol.